The van der Waals surface area contributed by atoms with Gasteiger partial charge in [0, 0.05) is 27.3 Å². The van der Waals surface area contributed by atoms with Crippen molar-refractivity contribution in [2.24, 2.45) is 0 Å². The number of rotatable bonds is 2. The second-order valence-electron chi connectivity index (χ2n) is 11.0. The lowest BCUT2D eigenvalue weighted by atomic mass is 9.80. The van der Waals surface area contributed by atoms with E-state index in [2.05, 4.69) is 129 Å². The van der Waals surface area contributed by atoms with Crippen LogP contribution in [0.4, 0.5) is 0 Å². The summed E-state index contributed by atoms with van der Waals surface area (Å²) in [5.41, 5.74) is 9.44. The van der Waals surface area contributed by atoms with E-state index in [4.69, 9.17) is 9.97 Å². The Balaban J connectivity index is 1.42. The van der Waals surface area contributed by atoms with Gasteiger partial charge in [0.2, 0.25) is 0 Å². The standard InChI is InChI=1S/C37H26N2/c1-37(2)32-15-9-8-14-28(32)29-20-18-24-16-17-26(22-31(24)33(29)37)36-38-34(25-11-4-3-5-12-25)30-21-19-23-10-6-7-13-27(23)35(30)39-36/h3-22H,1-2H3. The summed E-state index contributed by atoms with van der Waals surface area (Å²) in [6.07, 6.45) is 0. The molecule has 0 amide bonds. The van der Waals surface area contributed by atoms with Gasteiger partial charge in [-0.25, -0.2) is 9.97 Å². The Kier molecular flexibility index (Phi) is 4.60. The molecule has 8 rings (SSSR count). The molecule has 6 aromatic carbocycles. The lowest BCUT2D eigenvalue weighted by Gasteiger charge is -2.23. The molecule has 1 aromatic heterocycles. The smallest absolute Gasteiger partial charge is 0.160 e. The van der Waals surface area contributed by atoms with Gasteiger partial charge in [0.25, 0.3) is 0 Å². The zero-order valence-corrected chi connectivity index (χ0v) is 21.9. The molecule has 39 heavy (non-hydrogen) atoms. The molecule has 1 aliphatic rings. The molecule has 1 aliphatic carbocycles. The van der Waals surface area contributed by atoms with Crippen LogP contribution in [-0.2, 0) is 5.41 Å². The highest BCUT2D eigenvalue weighted by atomic mass is 14.9. The van der Waals surface area contributed by atoms with Gasteiger partial charge in [-0.05, 0) is 50.5 Å². The largest absolute Gasteiger partial charge is 0.227 e. The summed E-state index contributed by atoms with van der Waals surface area (Å²) in [5.74, 6) is 0.755. The Hall–Kier alpha value is -4.82. The minimum Gasteiger partial charge on any atom is -0.227 e. The van der Waals surface area contributed by atoms with E-state index in [1.807, 2.05) is 6.07 Å². The molecule has 0 spiro atoms. The minimum absolute atomic E-state index is 0.0836. The maximum Gasteiger partial charge on any atom is 0.160 e. The fraction of sp³-hybridized carbons (Fsp3) is 0.0811. The molecule has 0 unspecified atom stereocenters. The van der Waals surface area contributed by atoms with E-state index >= 15 is 0 Å². The lowest BCUT2D eigenvalue weighted by molar-refractivity contribution is 0.666. The van der Waals surface area contributed by atoms with Gasteiger partial charge < -0.3 is 0 Å². The normalized spacial score (nSPS) is 13.6. The number of aromatic nitrogens is 2. The first-order valence-electron chi connectivity index (χ1n) is 13.5. The van der Waals surface area contributed by atoms with Gasteiger partial charge in [0.1, 0.15) is 0 Å². The van der Waals surface area contributed by atoms with Crippen molar-refractivity contribution in [2.75, 3.05) is 0 Å². The second kappa shape index (κ2) is 8.09. The number of hydrogen-bond donors (Lipinski definition) is 0. The Morgan fingerprint density at radius 2 is 1.23 bits per heavy atom. The first-order valence-corrected chi connectivity index (χ1v) is 13.5. The molecule has 0 saturated heterocycles. The highest BCUT2D eigenvalue weighted by Gasteiger charge is 2.36. The van der Waals surface area contributed by atoms with E-state index < -0.39 is 0 Å². The predicted octanol–water partition coefficient (Wildman–Crippen LogP) is 9.58. The van der Waals surface area contributed by atoms with Crippen molar-refractivity contribution in [2.45, 2.75) is 19.3 Å². The van der Waals surface area contributed by atoms with Crippen LogP contribution >= 0.6 is 0 Å². The topological polar surface area (TPSA) is 25.8 Å². The first-order chi connectivity index (χ1) is 19.1. The van der Waals surface area contributed by atoms with E-state index in [0.717, 1.165) is 38.9 Å². The molecule has 0 bridgehead atoms. The van der Waals surface area contributed by atoms with Crippen molar-refractivity contribution in [1.29, 1.82) is 0 Å². The molecule has 184 valence electrons. The van der Waals surface area contributed by atoms with Crippen LogP contribution in [0.5, 0.6) is 0 Å². The number of nitrogens with zero attached hydrogens (tertiary/aromatic N) is 2. The second-order valence-corrected chi connectivity index (χ2v) is 11.0. The summed E-state index contributed by atoms with van der Waals surface area (Å²) in [6, 6.07) is 43.3. The molecule has 1 heterocycles. The molecule has 0 fully saturated rings. The molecular formula is C37H26N2. The molecule has 0 saturated carbocycles. The zero-order chi connectivity index (χ0) is 26.1. The van der Waals surface area contributed by atoms with Crippen LogP contribution < -0.4 is 0 Å². The molecule has 2 heteroatoms. The van der Waals surface area contributed by atoms with E-state index in [9.17, 15) is 0 Å². The zero-order valence-electron chi connectivity index (χ0n) is 21.9. The van der Waals surface area contributed by atoms with E-state index in [1.165, 1.54) is 38.4 Å². The third-order valence-corrected chi connectivity index (χ3v) is 8.43. The molecule has 0 radical (unpaired) electrons. The van der Waals surface area contributed by atoms with Gasteiger partial charge in [-0.3, -0.25) is 0 Å². The van der Waals surface area contributed by atoms with Gasteiger partial charge in [-0.2, -0.15) is 0 Å². The molecule has 0 aliphatic heterocycles. The molecule has 7 aromatic rings. The first kappa shape index (κ1) is 22.2. The van der Waals surface area contributed by atoms with Crippen molar-refractivity contribution >= 4 is 32.4 Å². The van der Waals surface area contributed by atoms with Gasteiger partial charge in [0.15, 0.2) is 5.82 Å². The Labute approximate surface area is 227 Å². The van der Waals surface area contributed by atoms with Gasteiger partial charge in [-0.15, -0.1) is 0 Å². The Morgan fingerprint density at radius 3 is 2.13 bits per heavy atom. The van der Waals surface area contributed by atoms with Crippen LogP contribution in [0.1, 0.15) is 25.0 Å². The van der Waals surface area contributed by atoms with Crippen LogP contribution in [0.3, 0.4) is 0 Å². The average Bonchev–Trinajstić information content (AvgIpc) is 3.23. The molecule has 0 atom stereocenters. The van der Waals surface area contributed by atoms with Crippen molar-refractivity contribution in [3.63, 3.8) is 0 Å². The number of benzene rings is 6. The SMILES string of the molecule is CC1(C)c2ccccc2-c2ccc3ccc(-c4nc(-c5ccccc5)c5ccc6ccccc6c5n4)cc3c21. The summed E-state index contributed by atoms with van der Waals surface area (Å²) in [7, 11) is 0. The van der Waals surface area contributed by atoms with Crippen LogP contribution in [-0.4, -0.2) is 9.97 Å². The maximum atomic E-state index is 5.22. The molecular weight excluding hydrogens is 472 g/mol. The summed E-state index contributed by atoms with van der Waals surface area (Å²) in [5, 5.41) is 5.92. The van der Waals surface area contributed by atoms with Crippen molar-refractivity contribution < 1.29 is 0 Å². The lowest BCUT2D eigenvalue weighted by Crippen LogP contribution is -2.15. The number of hydrogen-bond acceptors (Lipinski definition) is 2. The van der Waals surface area contributed by atoms with Gasteiger partial charge >= 0.3 is 0 Å². The van der Waals surface area contributed by atoms with Gasteiger partial charge in [-0.1, -0.05) is 123 Å². The van der Waals surface area contributed by atoms with Crippen molar-refractivity contribution in [1.82, 2.24) is 9.97 Å². The fourth-order valence-electron chi connectivity index (χ4n) is 6.56. The maximum absolute atomic E-state index is 5.22. The average molecular weight is 499 g/mol. The summed E-state index contributed by atoms with van der Waals surface area (Å²) >= 11 is 0. The van der Waals surface area contributed by atoms with Gasteiger partial charge in [0.05, 0.1) is 11.2 Å². The van der Waals surface area contributed by atoms with Crippen molar-refractivity contribution in [3.8, 4) is 33.8 Å². The van der Waals surface area contributed by atoms with Crippen LogP contribution in [0.15, 0.2) is 121 Å². The molecule has 0 N–H and O–H groups in total. The fourth-order valence-corrected chi connectivity index (χ4v) is 6.56. The summed E-state index contributed by atoms with van der Waals surface area (Å²) in [4.78, 5) is 10.4. The minimum atomic E-state index is -0.0836. The van der Waals surface area contributed by atoms with Crippen LogP contribution in [0, 0.1) is 0 Å². The highest BCUT2D eigenvalue weighted by molar-refractivity contribution is 6.10. The van der Waals surface area contributed by atoms with E-state index in [1.54, 1.807) is 0 Å². The van der Waals surface area contributed by atoms with Crippen LogP contribution in [0.2, 0.25) is 0 Å². The predicted molar refractivity (Wildman–Crippen MR) is 163 cm³/mol. The van der Waals surface area contributed by atoms with Crippen LogP contribution in [0.25, 0.3) is 66.2 Å². The molecule has 2 nitrogen and oxygen atoms in total. The Morgan fingerprint density at radius 1 is 0.513 bits per heavy atom. The number of fused-ring (bicyclic) bond motifs is 8. The van der Waals surface area contributed by atoms with Crippen molar-refractivity contribution in [3.05, 3.63) is 132 Å². The summed E-state index contributed by atoms with van der Waals surface area (Å²) < 4.78 is 0. The quantitative estimate of drug-likeness (QED) is 0.222. The van der Waals surface area contributed by atoms with E-state index in [0.29, 0.717) is 0 Å². The monoisotopic (exact) mass is 498 g/mol. The highest BCUT2D eigenvalue weighted by Crippen LogP contribution is 2.51. The Bertz CT molecular complexity index is 2090. The summed E-state index contributed by atoms with van der Waals surface area (Å²) in [6.45, 7) is 4.69. The van der Waals surface area contributed by atoms with E-state index in [-0.39, 0.29) is 5.41 Å². The third kappa shape index (κ3) is 3.21. The third-order valence-electron chi connectivity index (χ3n) is 8.43.